The molecule has 1 aliphatic carbocycles. The van der Waals surface area contributed by atoms with Crippen LogP contribution in [0.2, 0.25) is 0 Å². The molecule has 0 unspecified atom stereocenters. The van der Waals surface area contributed by atoms with Crippen molar-refractivity contribution in [2.75, 3.05) is 6.61 Å². The van der Waals surface area contributed by atoms with E-state index in [1.165, 1.54) is 0 Å². The van der Waals surface area contributed by atoms with E-state index in [0.29, 0.717) is 11.1 Å². The summed E-state index contributed by atoms with van der Waals surface area (Å²) in [7, 11) is 0. The molecule has 0 bridgehead atoms. The molecular weight excluding hydrogens is 392 g/mol. The molecular formula is C25H20N2O4. The number of benzene rings is 3. The number of carbonyl (C=O) groups is 2. The third kappa shape index (κ3) is 3.32. The number of carboxylic acid groups (broad SMARTS) is 1. The van der Waals surface area contributed by atoms with Crippen LogP contribution in [-0.2, 0) is 11.3 Å². The van der Waals surface area contributed by atoms with Gasteiger partial charge in [0.1, 0.15) is 12.3 Å². The number of aromatic nitrogens is 1. The quantitative estimate of drug-likeness (QED) is 0.435. The van der Waals surface area contributed by atoms with Gasteiger partial charge in [-0.2, -0.15) is 0 Å². The Bertz CT molecular complexity index is 1260. The minimum absolute atomic E-state index is 0.0270. The van der Waals surface area contributed by atoms with Gasteiger partial charge in [-0.3, -0.25) is 0 Å². The van der Waals surface area contributed by atoms with Crippen molar-refractivity contribution in [2.45, 2.75) is 12.5 Å². The van der Waals surface area contributed by atoms with E-state index in [-0.39, 0.29) is 24.8 Å². The first-order chi connectivity index (χ1) is 15.1. The molecule has 0 saturated carbocycles. The van der Waals surface area contributed by atoms with Crippen molar-refractivity contribution in [1.82, 2.24) is 10.3 Å². The molecule has 4 aromatic rings. The number of para-hydroxylation sites is 1. The Labute approximate surface area is 178 Å². The summed E-state index contributed by atoms with van der Waals surface area (Å²) in [6.07, 6.45) is -0.580. The molecule has 1 aliphatic rings. The number of ether oxygens (including phenoxy) is 1. The van der Waals surface area contributed by atoms with E-state index in [1.54, 1.807) is 6.07 Å². The van der Waals surface area contributed by atoms with Crippen LogP contribution in [0, 0.1) is 0 Å². The molecule has 0 saturated heterocycles. The van der Waals surface area contributed by atoms with Crippen LogP contribution in [0.4, 0.5) is 4.79 Å². The number of hydrogen-bond donors (Lipinski definition) is 3. The van der Waals surface area contributed by atoms with E-state index >= 15 is 0 Å². The van der Waals surface area contributed by atoms with Gasteiger partial charge in [-0.1, -0.05) is 66.7 Å². The molecule has 0 fully saturated rings. The standard InChI is InChI=1S/C25H20N2O4/c28-24(29)23-20(19-11-5-6-12-22(19)27-23)13-26-25(30)31-14-21-17-9-3-1-7-15(17)16-8-2-4-10-18(16)21/h1-12,21,27H,13-14H2,(H,26,30)(H,28,29). The third-order valence-corrected chi connectivity index (χ3v) is 5.78. The Balaban J connectivity index is 1.30. The molecule has 0 atom stereocenters. The Hall–Kier alpha value is -4.06. The van der Waals surface area contributed by atoms with Crippen LogP contribution in [0.3, 0.4) is 0 Å². The molecule has 1 amide bonds. The number of carbonyl (C=O) groups excluding carboxylic acids is 1. The second-order valence-electron chi connectivity index (χ2n) is 7.51. The van der Waals surface area contributed by atoms with Crippen LogP contribution in [0.15, 0.2) is 72.8 Å². The lowest BCUT2D eigenvalue weighted by molar-refractivity contribution is 0.0689. The fourth-order valence-electron chi connectivity index (χ4n) is 4.38. The van der Waals surface area contributed by atoms with Crippen molar-refractivity contribution in [3.8, 4) is 11.1 Å². The predicted octanol–water partition coefficient (Wildman–Crippen LogP) is 4.90. The van der Waals surface area contributed by atoms with Crippen LogP contribution < -0.4 is 5.32 Å². The first-order valence-electron chi connectivity index (χ1n) is 10.0. The van der Waals surface area contributed by atoms with Gasteiger partial charge in [0, 0.05) is 28.9 Å². The number of fused-ring (bicyclic) bond motifs is 4. The van der Waals surface area contributed by atoms with Crippen molar-refractivity contribution >= 4 is 23.0 Å². The monoisotopic (exact) mass is 412 g/mol. The van der Waals surface area contributed by atoms with Crippen molar-refractivity contribution in [2.24, 2.45) is 0 Å². The van der Waals surface area contributed by atoms with Crippen LogP contribution in [0.1, 0.15) is 33.1 Å². The summed E-state index contributed by atoms with van der Waals surface area (Å²) in [5.74, 6) is -1.10. The zero-order valence-corrected chi connectivity index (χ0v) is 16.6. The number of H-pyrrole nitrogens is 1. The molecule has 1 heterocycles. The van der Waals surface area contributed by atoms with Gasteiger partial charge in [-0.15, -0.1) is 0 Å². The first-order valence-corrected chi connectivity index (χ1v) is 10.0. The topological polar surface area (TPSA) is 91.4 Å². The predicted molar refractivity (Wildman–Crippen MR) is 117 cm³/mol. The zero-order chi connectivity index (χ0) is 21.4. The highest BCUT2D eigenvalue weighted by molar-refractivity contribution is 5.97. The van der Waals surface area contributed by atoms with Crippen molar-refractivity contribution in [3.63, 3.8) is 0 Å². The smallest absolute Gasteiger partial charge is 0.407 e. The molecule has 1 aromatic heterocycles. The van der Waals surface area contributed by atoms with Crippen LogP contribution in [0.25, 0.3) is 22.0 Å². The number of hydrogen-bond acceptors (Lipinski definition) is 3. The van der Waals surface area contributed by atoms with Crippen molar-refractivity contribution in [1.29, 1.82) is 0 Å². The van der Waals surface area contributed by atoms with Gasteiger partial charge in [-0.05, 0) is 28.3 Å². The summed E-state index contributed by atoms with van der Waals surface area (Å²) in [6.45, 7) is 0.266. The van der Waals surface area contributed by atoms with Crippen LogP contribution >= 0.6 is 0 Å². The largest absolute Gasteiger partial charge is 0.477 e. The summed E-state index contributed by atoms with van der Waals surface area (Å²) in [5, 5.41) is 13.0. The minimum Gasteiger partial charge on any atom is -0.477 e. The van der Waals surface area contributed by atoms with Crippen molar-refractivity contribution < 1.29 is 19.4 Å². The summed E-state index contributed by atoms with van der Waals surface area (Å²) >= 11 is 0. The minimum atomic E-state index is -1.07. The second-order valence-corrected chi connectivity index (χ2v) is 7.51. The van der Waals surface area contributed by atoms with Gasteiger partial charge in [0.25, 0.3) is 0 Å². The zero-order valence-electron chi connectivity index (χ0n) is 16.6. The second kappa shape index (κ2) is 7.65. The highest BCUT2D eigenvalue weighted by Gasteiger charge is 2.29. The molecule has 31 heavy (non-hydrogen) atoms. The number of aromatic carboxylic acids is 1. The van der Waals surface area contributed by atoms with Gasteiger partial charge < -0.3 is 20.1 Å². The maximum atomic E-state index is 12.4. The van der Waals surface area contributed by atoms with Crippen LogP contribution in [0.5, 0.6) is 0 Å². The molecule has 0 spiro atoms. The maximum Gasteiger partial charge on any atom is 0.407 e. The fourth-order valence-corrected chi connectivity index (χ4v) is 4.38. The fraction of sp³-hybridized carbons (Fsp3) is 0.120. The summed E-state index contributed by atoms with van der Waals surface area (Å²) in [6, 6.07) is 23.6. The Morgan fingerprint density at radius 2 is 1.52 bits per heavy atom. The first kappa shape index (κ1) is 18.9. The number of amides is 1. The van der Waals surface area contributed by atoms with E-state index in [1.807, 2.05) is 42.5 Å². The Kier molecular flexibility index (Phi) is 4.67. The number of nitrogens with one attached hydrogen (secondary N) is 2. The molecule has 5 rings (SSSR count). The summed E-state index contributed by atoms with van der Waals surface area (Å²) < 4.78 is 5.54. The summed E-state index contributed by atoms with van der Waals surface area (Å²) in [5.41, 5.74) is 5.91. The number of rotatable bonds is 5. The van der Waals surface area contributed by atoms with Gasteiger partial charge >= 0.3 is 12.1 Å². The third-order valence-electron chi connectivity index (χ3n) is 5.78. The molecule has 0 aliphatic heterocycles. The lowest BCUT2D eigenvalue weighted by Crippen LogP contribution is -2.26. The van der Waals surface area contributed by atoms with Gasteiger partial charge in [0.05, 0.1) is 0 Å². The molecule has 3 N–H and O–H groups in total. The van der Waals surface area contributed by atoms with E-state index in [4.69, 9.17) is 4.74 Å². The van der Waals surface area contributed by atoms with E-state index in [9.17, 15) is 14.7 Å². The number of carboxylic acids is 1. The van der Waals surface area contributed by atoms with Crippen molar-refractivity contribution in [3.05, 3.63) is 95.2 Å². The van der Waals surface area contributed by atoms with E-state index < -0.39 is 12.1 Å². The SMILES string of the molecule is O=C(NCc1c(C(=O)O)[nH]c2ccccc12)OCC1c2ccccc2-c2ccccc21. The Morgan fingerprint density at radius 3 is 2.19 bits per heavy atom. The van der Waals surface area contributed by atoms with Gasteiger partial charge in [0.15, 0.2) is 0 Å². The van der Waals surface area contributed by atoms with Gasteiger partial charge in [0.2, 0.25) is 0 Å². The lowest BCUT2D eigenvalue weighted by atomic mass is 9.98. The van der Waals surface area contributed by atoms with E-state index in [0.717, 1.165) is 27.6 Å². The van der Waals surface area contributed by atoms with E-state index in [2.05, 4.69) is 34.6 Å². The lowest BCUT2D eigenvalue weighted by Gasteiger charge is -2.14. The average Bonchev–Trinajstić information content (AvgIpc) is 3.32. The molecule has 154 valence electrons. The molecule has 3 aromatic carbocycles. The number of aromatic amines is 1. The highest BCUT2D eigenvalue weighted by Crippen LogP contribution is 2.44. The molecule has 6 heteroatoms. The maximum absolute atomic E-state index is 12.4. The van der Waals surface area contributed by atoms with Crippen LogP contribution in [-0.4, -0.2) is 28.8 Å². The average molecular weight is 412 g/mol. The molecule has 0 radical (unpaired) electrons. The summed E-state index contributed by atoms with van der Waals surface area (Å²) in [4.78, 5) is 26.9. The number of alkyl carbamates (subject to hydrolysis) is 1. The highest BCUT2D eigenvalue weighted by atomic mass is 16.5. The van der Waals surface area contributed by atoms with Gasteiger partial charge in [-0.25, -0.2) is 9.59 Å². The Morgan fingerprint density at radius 1 is 0.903 bits per heavy atom. The molecule has 6 nitrogen and oxygen atoms in total. The normalized spacial score (nSPS) is 12.4.